The van der Waals surface area contributed by atoms with E-state index < -0.39 is 0 Å². The lowest BCUT2D eigenvalue weighted by molar-refractivity contribution is -0.00763. The van der Waals surface area contributed by atoms with Gasteiger partial charge < -0.3 is 14.6 Å². The van der Waals surface area contributed by atoms with E-state index in [2.05, 4.69) is 0 Å². The van der Waals surface area contributed by atoms with E-state index in [1.54, 1.807) is 12.0 Å². The normalized spacial score (nSPS) is 22.0. The van der Waals surface area contributed by atoms with Crippen molar-refractivity contribution in [2.24, 2.45) is 5.92 Å². The number of benzene rings is 1. The van der Waals surface area contributed by atoms with Crippen LogP contribution in [0, 0.1) is 5.92 Å². The summed E-state index contributed by atoms with van der Waals surface area (Å²) in [5.74, 6) is 0.272. The number of rotatable bonds is 5. The molecule has 1 fully saturated rings. The number of ether oxygens (including phenoxy) is 2. The average molecular weight is 279 g/mol. The molecule has 0 aliphatic carbocycles. The molecule has 0 bridgehead atoms. The molecule has 1 saturated heterocycles. The summed E-state index contributed by atoms with van der Waals surface area (Å²) in [6.07, 6.45) is 0.816. The number of aliphatic hydroxyl groups is 1. The fourth-order valence-corrected chi connectivity index (χ4v) is 2.49. The van der Waals surface area contributed by atoms with Gasteiger partial charge in [-0.3, -0.25) is 4.90 Å². The highest BCUT2D eigenvalue weighted by Gasteiger charge is 2.35. The van der Waals surface area contributed by atoms with E-state index in [9.17, 15) is 4.79 Å². The highest BCUT2D eigenvalue weighted by atomic mass is 16.6. The van der Waals surface area contributed by atoms with Crippen LogP contribution in [-0.4, -0.2) is 42.6 Å². The second-order valence-electron chi connectivity index (χ2n) is 5.00. The zero-order valence-electron chi connectivity index (χ0n) is 11.7. The largest absolute Gasteiger partial charge is 0.444 e. The number of nitrogens with zero attached hydrogens (tertiary/aromatic N) is 1. The van der Waals surface area contributed by atoms with Crippen LogP contribution in [-0.2, 0) is 16.1 Å². The molecule has 1 aromatic rings. The SMILES string of the molecule is COC1CC(CCO)CN1C(=O)OCc1ccccc1. The summed E-state index contributed by atoms with van der Waals surface area (Å²) in [6, 6.07) is 9.58. The van der Waals surface area contributed by atoms with Gasteiger partial charge in [0.1, 0.15) is 12.8 Å². The van der Waals surface area contributed by atoms with Crippen molar-refractivity contribution >= 4 is 6.09 Å². The Morgan fingerprint density at radius 2 is 2.15 bits per heavy atom. The first-order valence-corrected chi connectivity index (χ1v) is 6.85. The average Bonchev–Trinajstić information content (AvgIpc) is 2.89. The molecule has 5 heteroatoms. The minimum atomic E-state index is -0.360. The highest BCUT2D eigenvalue weighted by Crippen LogP contribution is 2.26. The topological polar surface area (TPSA) is 59.0 Å². The maximum Gasteiger partial charge on any atom is 0.412 e. The number of likely N-dealkylation sites (tertiary alicyclic amines) is 1. The first kappa shape index (κ1) is 14.8. The molecule has 0 aromatic heterocycles. The van der Waals surface area contributed by atoms with Gasteiger partial charge in [0.05, 0.1) is 0 Å². The lowest BCUT2D eigenvalue weighted by atomic mass is 10.1. The van der Waals surface area contributed by atoms with E-state index in [-0.39, 0.29) is 31.5 Å². The third-order valence-corrected chi connectivity index (χ3v) is 3.59. The van der Waals surface area contributed by atoms with Crippen molar-refractivity contribution in [2.45, 2.75) is 25.7 Å². The number of carbonyl (C=O) groups excluding carboxylic acids is 1. The van der Waals surface area contributed by atoms with E-state index in [0.29, 0.717) is 13.0 Å². The maximum absolute atomic E-state index is 12.1. The predicted octanol–water partition coefficient (Wildman–Crippen LogP) is 2.00. The summed E-state index contributed by atoms with van der Waals surface area (Å²) in [5.41, 5.74) is 0.959. The molecule has 0 radical (unpaired) electrons. The molecular formula is C15H21NO4. The van der Waals surface area contributed by atoms with Gasteiger partial charge in [0.2, 0.25) is 0 Å². The number of aliphatic hydroxyl groups excluding tert-OH is 1. The van der Waals surface area contributed by atoms with Crippen molar-refractivity contribution in [1.29, 1.82) is 0 Å². The van der Waals surface area contributed by atoms with Gasteiger partial charge in [-0.15, -0.1) is 0 Å². The standard InChI is InChI=1S/C15H21NO4/c1-19-14-9-13(7-8-17)10-16(14)15(18)20-11-12-5-3-2-4-6-12/h2-6,13-14,17H,7-11H2,1H3. The lowest BCUT2D eigenvalue weighted by Gasteiger charge is -2.22. The molecule has 2 unspecified atom stereocenters. The lowest BCUT2D eigenvalue weighted by Crippen LogP contribution is -2.37. The van der Waals surface area contributed by atoms with Gasteiger partial charge in [0.15, 0.2) is 0 Å². The zero-order valence-corrected chi connectivity index (χ0v) is 11.7. The molecule has 0 spiro atoms. The van der Waals surface area contributed by atoms with Gasteiger partial charge in [0.25, 0.3) is 0 Å². The van der Waals surface area contributed by atoms with Crippen LogP contribution in [0.1, 0.15) is 18.4 Å². The molecule has 1 heterocycles. The van der Waals surface area contributed by atoms with Gasteiger partial charge in [-0.25, -0.2) is 4.79 Å². The van der Waals surface area contributed by atoms with Gasteiger partial charge in [-0.2, -0.15) is 0 Å². The Balaban J connectivity index is 1.87. The molecule has 1 aromatic carbocycles. The molecule has 2 rings (SSSR count). The summed E-state index contributed by atoms with van der Waals surface area (Å²) in [7, 11) is 1.59. The molecule has 1 N–H and O–H groups in total. The van der Waals surface area contributed by atoms with Crippen LogP contribution in [0.15, 0.2) is 30.3 Å². The van der Waals surface area contributed by atoms with Crippen LogP contribution in [0.25, 0.3) is 0 Å². The van der Waals surface area contributed by atoms with E-state index in [4.69, 9.17) is 14.6 Å². The molecule has 1 aliphatic rings. The summed E-state index contributed by atoms with van der Waals surface area (Å²) < 4.78 is 10.6. The minimum absolute atomic E-state index is 0.133. The van der Waals surface area contributed by atoms with Gasteiger partial charge in [-0.1, -0.05) is 30.3 Å². The molecule has 1 amide bonds. The summed E-state index contributed by atoms with van der Waals surface area (Å²) in [4.78, 5) is 13.7. The Bertz CT molecular complexity index is 423. The molecular weight excluding hydrogens is 258 g/mol. The van der Waals surface area contributed by atoms with Crippen molar-refractivity contribution < 1.29 is 19.4 Å². The van der Waals surface area contributed by atoms with E-state index in [1.165, 1.54) is 0 Å². The molecule has 5 nitrogen and oxygen atoms in total. The molecule has 0 saturated carbocycles. The Kier molecular flexibility index (Phi) is 5.38. The van der Waals surface area contributed by atoms with Gasteiger partial charge in [-0.05, 0) is 24.3 Å². The summed E-state index contributed by atoms with van der Waals surface area (Å²) in [5, 5.41) is 8.99. The van der Waals surface area contributed by atoms with Crippen LogP contribution < -0.4 is 0 Å². The fraction of sp³-hybridized carbons (Fsp3) is 0.533. The number of amides is 1. The summed E-state index contributed by atoms with van der Waals surface area (Å²) >= 11 is 0. The third kappa shape index (κ3) is 3.71. The molecule has 1 aliphatic heterocycles. The second kappa shape index (κ2) is 7.26. The summed E-state index contributed by atoms with van der Waals surface area (Å²) in [6.45, 7) is 0.970. The Morgan fingerprint density at radius 1 is 1.40 bits per heavy atom. The second-order valence-corrected chi connectivity index (χ2v) is 5.00. The molecule has 2 atom stereocenters. The van der Waals surface area contributed by atoms with E-state index >= 15 is 0 Å². The highest BCUT2D eigenvalue weighted by molar-refractivity contribution is 5.68. The van der Waals surface area contributed by atoms with Crippen molar-refractivity contribution in [3.05, 3.63) is 35.9 Å². The van der Waals surface area contributed by atoms with E-state index in [1.807, 2.05) is 30.3 Å². The third-order valence-electron chi connectivity index (χ3n) is 3.59. The smallest absolute Gasteiger partial charge is 0.412 e. The maximum atomic E-state index is 12.1. The van der Waals surface area contributed by atoms with Crippen molar-refractivity contribution in [1.82, 2.24) is 4.90 Å². The number of hydrogen-bond donors (Lipinski definition) is 1. The van der Waals surface area contributed by atoms with Gasteiger partial charge in [0, 0.05) is 20.3 Å². The number of hydrogen-bond acceptors (Lipinski definition) is 4. The van der Waals surface area contributed by atoms with Gasteiger partial charge >= 0.3 is 6.09 Å². The predicted molar refractivity (Wildman–Crippen MR) is 73.9 cm³/mol. The minimum Gasteiger partial charge on any atom is -0.444 e. The van der Waals surface area contributed by atoms with Crippen molar-refractivity contribution in [2.75, 3.05) is 20.3 Å². The van der Waals surface area contributed by atoms with Crippen molar-refractivity contribution in [3.8, 4) is 0 Å². The Hall–Kier alpha value is -1.59. The van der Waals surface area contributed by atoms with Crippen LogP contribution in [0.2, 0.25) is 0 Å². The van der Waals surface area contributed by atoms with Crippen LogP contribution in [0.3, 0.4) is 0 Å². The fourth-order valence-electron chi connectivity index (χ4n) is 2.49. The van der Waals surface area contributed by atoms with Crippen molar-refractivity contribution in [3.63, 3.8) is 0 Å². The first-order chi connectivity index (χ1) is 9.74. The Morgan fingerprint density at radius 3 is 2.80 bits per heavy atom. The van der Waals surface area contributed by atoms with E-state index in [0.717, 1.165) is 12.0 Å². The first-order valence-electron chi connectivity index (χ1n) is 6.85. The van der Waals surface area contributed by atoms with Crippen LogP contribution in [0.5, 0.6) is 0 Å². The Labute approximate surface area is 119 Å². The number of carbonyl (C=O) groups is 1. The van der Waals surface area contributed by atoms with Crippen LogP contribution >= 0.6 is 0 Å². The molecule has 20 heavy (non-hydrogen) atoms. The van der Waals surface area contributed by atoms with Crippen LogP contribution in [0.4, 0.5) is 4.79 Å². The molecule has 110 valence electrons. The zero-order chi connectivity index (χ0) is 14.4. The quantitative estimate of drug-likeness (QED) is 0.895. The number of methoxy groups -OCH3 is 1. The monoisotopic (exact) mass is 279 g/mol.